The maximum atomic E-state index is 13.3. The molecule has 0 atom stereocenters. The van der Waals surface area contributed by atoms with E-state index in [4.69, 9.17) is 4.74 Å². The molecule has 4 nitrogen and oxygen atoms in total. The molecule has 1 aliphatic heterocycles. The van der Waals surface area contributed by atoms with Crippen LogP contribution < -0.4 is 10.1 Å². The molecule has 0 saturated carbocycles. The van der Waals surface area contributed by atoms with E-state index in [0.29, 0.717) is 19.4 Å². The number of nitrogens with zero attached hydrogens (tertiary/aromatic N) is 1. The molecule has 1 fully saturated rings. The number of hydrogen-bond donors (Lipinski definition) is 1. The molecule has 110 valence electrons. The summed E-state index contributed by atoms with van der Waals surface area (Å²) in [5.74, 6) is 0.0437. The smallest absolute Gasteiger partial charge is 0.222 e. The van der Waals surface area contributed by atoms with Gasteiger partial charge in [-0.3, -0.25) is 4.79 Å². The molecule has 1 aliphatic rings. The number of rotatable bonds is 5. The van der Waals surface area contributed by atoms with Gasteiger partial charge in [0, 0.05) is 26.1 Å². The van der Waals surface area contributed by atoms with Crippen molar-refractivity contribution >= 4 is 5.91 Å². The van der Waals surface area contributed by atoms with Crippen molar-refractivity contribution in [2.45, 2.75) is 19.3 Å². The summed E-state index contributed by atoms with van der Waals surface area (Å²) in [7, 11) is 0. The van der Waals surface area contributed by atoms with E-state index in [-0.39, 0.29) is 17.5 Å². The highest BCUT2D eigenvalue weighted by Crippen LogP contribution is 2.15. The van der Waals surface area contributed by atoms with Gasteiger partial charge >= 0.3 is 0 Å². The Morgan fingerprint density at radius 1 is 1.30 bits per heavy atom. The number of carbonyl (C=O) groups excluding carboxylic acids is 1. The zero-order chi connectivity index (χ0) is 14.2. The largest absolute Gasteiger partial charge is 0.491 e. The molecule has 0 aromatic heterocycles. The first-order valence-electron chi connectivity index (χ1n) is 7.13. The van der Waals surface area contributed by atoms with Crippen LogP contribution in [0.15, 0.2) is 24.3 Å². The van der Waals surface area contributed by atoms with Gasteiger partial charge in [-0.15, -0.1) is 0 Å². The molecule has 1 heterocycles. The molecule has 20 heavy (non-hydrogen) atoms. The van der Waals surface area contributed by atoms with Gasteiger partial charge in [-0.1, -0.05) is 12.1 Å². The summed E-state index contributed by atoms with van der Waals surface area (Å²) in [4.78, 5) is 13.9. The average Bonchev–Trinajstić information content (AvgIpc) is 2.74. The molecule has 1 aromatic rings. The van der Waals surface area contributed by atoms with E-state index in [9.17, 15) is 9.18 Å². The van der Waals surface area contributed by atoms with Crippen molar-refractivity contribution in [3.8, 4) is 5.75 Å². The lowest BCUT2D eigenvalue weighted by molar-refractivity contribution is -0.131. The van der Waals surface area contributed by atoms with Crippen molar-refractivity contribution in [1.82, 2.24) is 10.2 Å². The fourth-order valence-electron chi connectivity index (χ4n) is 2.22. The van der Waals surface area contributed by atoms with Gasteiger partial charge in [0.05, 0.1) is 6.61 Å². The van der Waals surface area contributed by atoms with E-state index >= 15 is 0 Å². The van der Waals surface area contributed by atoms with Crippen LogP contribution >= 0.6 is 0 Å². The van der Waals surface area contributed by atoms with Gasteiger partial charge in [-0.05, 0) is 31.5 Å². The first kappa shape index (κ1) is 14.8. The predicted octanol–water partition coefficient (Wildman–Crippen LogP) is 1.81. The van der Waals surface area contributed by atoms with Crippen LogP contribution in [0, 0.1) is 5.82 Å². The Bertz CT molecular complexity index is 432. The summed E-state index contributed by atoms with van der Waals surface area (Å²) >= 11 is 0. The van der Waals surface area contributed by atoms with Gasteiger partial charge in [-0.2, -0.15) is 0 Å². The van der Waals surface area contributed by atoms with Crippen LogP contribution in [-0.2, 0) is 4.79 Å². The average molecular weight is 280 g/mol. The highest BCUT2D eigenvalue weighted by molar-refractivity contribution is 5.76. The van der Waals surface area contributed by atoms with Crippen LogP contribution in [-0.4, -0.2) is 43.6 Å². The maximum absolute atomic E-state index is 13.3. The third-order valence-electron chi connectivity index (χ3n) is 3.32. The summed E-state index contributed by atoms with van der Waals surface area (Å²) in [5.41, 5.74) is 0. The van der Waals surface area contributed by atoms with Gasteiger partial charge in [0.2, 0.25) is 5.91 Å². The van der Waals surface area contributed by atoms with Crippen LogP contribution in [0.3, 0.4) is 0 Å². The second-order valence-corrected chi connectivity index (χ2v) is 4.87. The second kappa shape index (κ2) is 7.85. The minimum absolute atomic E-state index is 0.158. The van der Waals surface area contributed by atoms with E-state index in [1.54, 1.807) is 18.2 Å². The zero-order valence-electron chi connectivity index (χ0n) is 11.6. The Morgan fingerprint density at radius 2 is 2.15 bits per heavy atom. The normalized spacial score (nSPS) is 15.8. The molecule has 0 unspecified atom stereocenters. The predicted molar refractivity (Wildman–Crippen MR) is 75.2 cm³/mol. The number of amides is 1. The molecule has 1 saturated heterocycles. The number of nitrogens with one attached hydrogen (secondary N) is 1. The SMILES string of the molecule is O=C(CCCOc1ccccc1F)N1CCCNCC1. The highest BCUT2D eigenvalue weighted by atomic mass is 19.1. The Balaban J connectivity index is 1.67. The number of carbonyl (C=O) groups is 1. The molecular weight excluding hydrogens is 259 g/mol. The molecule has 2 rings (SSSR count). The van der Waals surface area contributed by atoms with Crippen LogP contribution in [0.4, 0.5) is 4.39 Å². The van der Waals surface area contributed by atoms with E-state index in [1.807, 2.05) is 4.90 Å². The monoisotopic (exact) mass is 280 g/mol. The molecule has 0 bridgehead atoms. The number of halogens is 1. The molecule has 1 aromatic carbocycles. The lowest BCUT2D eigenvalue weighted by Crippen LogP contribution is -2.34. The summed E-state index contributed by atoms with van der Waals surface area (Å²) in [6.07, 6.45) is 2.06. The second-order valence-electron chi connectivity index (χ2n) is 4.87. The minimum atomic E-state index is -0.364. The zero-order valence-corrected chi connectivity index (χ0v) is 11.6. The quantitative estimate of drug-likeness (QED) is 0.836. The Kier molecular flexibility index (Phi) is 5.80. The fraction of sp³-hybridized carbons (Fsp3) is 0.533. The van der Waals surface area contributed by atoms with E-state index < -0.39 is 0 Å². The molecule has 0 aliphatic carbocycles. The summed E-state index contributed by atoms with van der Waals surface area (Å²) < 4.78 is 18.6. The molecule has 0 radical (unpaired) electrons. The number of hydrogen-bond acceptors (Lipinski definition) is 3. The van der Waals surface area contributed by atoms with Crippen LogP contribution in [0.5, 0.6) is 5.75 Å². The molecule has 0 spiro atoms. The first-order valence-corrected chi connectivity index (χ1v) is 7.13. The summed E-state index contributed by atoms with van der Waals surface area (Å²) in [5, 5.41) is 3.27. The van der Waals surface area contributed by atoms with Crippen molar-refractivity contribution < 1.29 is 13.9 Å². The van der Waals surface area contributed by atoms with E-state index in [2.05, 4.69) is 5.32 Å². The van der Waals surface area contributed by atoms with Gasteiger partial charge in [0.1, 0.15) is 0 Å². The van der Waals surface area contributed by atoms with Gasteiger partial charge < -0.3 is 15.0 Å². The number of benzene rings is 1. The van der Waals surface area contributed by atoms with Gasteiger partial charge in [0.15, 0.2) is 11.6 Å². The third-order valence-corrected chi connectivity index (χ3v) is 3.32. The van der Waals surface area contributed by atoms with Gasteiger partial charge in [0.25, 0.3) is 0 Å². The van der Waals surface area contributed by atoms with E-state index in [0.717, 1.165) is 32.6 Å². The Hall–Kier alpha value is -1.62. The lowest BCUT2D eigenvalue weighted by atomic mass is 10.2. The van der Waals surface area contributed by atoms with E-state index in [1.165, 1.54) is 6.07 Å². The standard InChI is InChI=1S/C15H21FN2O2/c16-13-5-1-2-6-14(13)20-12-3-7-15(19)18-10-4-8-17-9-11-18/h1-2,5-6,17H,3-4,7-12H2. The van der Waals surface area contributed by atoms with Crippen molar-refractivity contribution in [2.75, 3.05) is 32.8 Å². The van der Waals surface area contributed by atoms with Gasteiger partial charge in [-0.25, -0.2) is 4.39 Å². The molecular formula is C15H21FN2O2. The Morgan fingerprint density at radius 3 is 3.00 bits per heavy atom. The first-order chi connectivity index (χ1) is 9.77. The molecule has 1 amide bonds. The fourth-order valence-corrected chi connectivity index (χ4v) is 2.22. The molecule has 5 heteroatoms. The maximum Gasteiger partial charge on any atom is 0.222 e. The van der Waals surface area contributed by atoms with Crippen LogP contribution in [0.25, 0.3) is 0 Å². The topological polar surface area (TPSA) is 41.6 Å². The third kappa shape index (κ3) is 4.49. The number of ether oxygens (including phenoxy) is 1. The van der Waals surface area contributed by atoms with Crippen molar-refractivity contribution in [2.24, 2.45) is 0 Å². The van der Waals surface area contributed by atoms with Crippen LogP contribution in [0.1, 0.15) is 19.3 Å². The van der Waals surface area contributed by atoms with Crippen molar-refractivity contribution in [3.05, 3.63) is 30.1 Å². The summed E-state index contributed by atoms with van der Waals surface area (Å²) in [6, 6.07) is 6.31. The van der Waals surface area contributed by atoms with Crippen molar-refractivity contribution in [3.63, 3.8) is 0 Å². The Labute approximate surface area is 118 Å². The lowest BCUT2D eigenvalue weighted by Gasteiger charge is -2.19. The van der Waals surface area contributed by atoms with Crippen molar-refractivity contribution in [1.29, 1.82) is 0 Å². The minimum Gasteiger partial charge on any atom is -0.491 e. The number of para-hydroxylation sites is 1. The summed E-state index contributed by atoms with van der Waals surface area (Å²) in [6.45, 7) is 3.78. The van der Waals surface area contributed by atoms with Crippen LogP contribution in [0.2, 0.25) is 0 Å². The molecule has 1 N–H and O–H groups in total. The highest BCUT2D eigenvalue weighted by Gasteiger charge is 2.14.